The maximum Gasteiger partial charge on any atom is 0.255 e. The summed E-state index contributed by atoms with van der Waals surface area (Å²) in [5.41, 5.74) is 10.4. The number of nitrogens with one attached hydrogen (secondary N) is 1. The molecule has 0 fully saturated rings. The van der Waals surface area contributed by atoms with Gasteiger partial charge in [-0.15, -0.1) is 0 Å². The summed E-state index contributed by atoms with van der Waals surface area (Å²) in [5.74, 6) is -0.117. The number of carbonyl (C=O) groups is 1. The Morgan fingerprint density at radius 2 is 1.90 bits per heavy atom. The normalized spacial score (nSPS) is 13.1. The number of amides is 1. The predicted molar refractivity (Wildman–Crippen MR) is 85.0 cm³/mol. The summed E-state index contributed by atoms with van der Waals surface area (Å²) >= 11 is 3.35. The van der Waals surface area contributed by atoms with Crippen LogP contribution in [0, 0.1) is 0 Å². The molecule has 0 bridgehead atoms. The third-order valence-corrected chi connectivity index (χ3v) is 4.12. The van der Waals surface area contributed by atoms with Crippen molar-refractivity contribution in [2.24, 2.45) is 0 Å². The van der Waals surface area contributed by atoms with Gasteiger partial charge in [0.2, 0.25) is 0 Å². The van der Waals surface area contributed by atoms with E-state index in [9.17, 15) is 4.79 Å². The summed E-state index contributed by atoms with van der Waals surface area (Å²) in [6, 6.07) is 11.4. The minimum Gasteiger partial charge on any atom is -0.397 e. The molecule has 0 heterocycles. The molecule has 0 aliphatic heterocycles. The summed E-state index contributed by atoms with van der Waals surface area (Å²) in [4.78, 5) is 12.3. The second kappa shape index (κ2) is 5.29. The number of hydrogen-bond donors (Lipinski definition) is 2. The average Bonchev–Trinajstić information content (AvgIpc) is 2.89. The van der Waals surface area contributed by atoms with Crippen LogP contribution in [0.3, 0.4) is 0 Å². The first-order valence-corrected chi connectivity index (χ1v) is 7.41. The summed E-state index contributed by atoms with van der Waals surface area (Å²) < 4.78 is 0.894. The van der Waals surface area contributed by atoms with E-state index in [-0.39, 0.29) is 5.91 Å². The van der Waals surface area contributed by atoms with Crippen LogP contribution in [0.1, 0.15) is 27.9 Å². The number of nitrogen functional groups attached to an aromatic ring is 1. The van der Waals surface area contributed by atoms with E-state index >= 15 is 0 Å². The first kappa shape index (κ1) is 13.2. The zero-order chi connectivity index (χ0) is 14.1. The van der Waals surface area contributed by atoms with Gasteiger partial charge in [-0.05, 0) is 60.7 Å². The first-order valence-electron chi connectivity index (χ1n) is 6.61. The van der Waals surface area contributed by atoms with Gasteiger partial charge in [0, 0.05) is 10.0 Å². The maximum absolute atomic E-state index is 12.3. The predicted octanol–water partition coefficient (Wildman–Crippen LogP) is 3.77. The van der Waals surface area contributed by atoms with Crippen molar-refractivity contribution in [3.8, 4) is 0 Å². The van der Waals surface area contributed by atoms with Crippen LogP contribution in [-0.2, 0) is 12.8 Å². The van der Waals surface area contributed by atoms with Gasteiger partial charge in [0.1, 0.15) is 0 Å². The highest BCUT2D eigenvalue weighted by atomic mass is 79.9. The SMILES string of the molecule is Nc1cc(Br)ccc1NC(=O)c1ccc2c(c1)CCC2. The molecule has 0 atom stereocenters. The van der Waals surface area contributed by atoms with Crippen LogP contribution in [0.4, 0.5) is 11.4 Å². The van der Waals surface area contributed by atoms with Crippen molar-refractivity contribution in [2.45, 2.75) is 19.3 Å². The second-order valence-corrected chi connectivity index (χ2v) is 5.94. The zero-order valence-corrected chi connectivity index (χ0v) is 12.5. The summed E-state index contributed by atoms with van der Waals surface area (Å²) in [6.45, 7) is 0. The fraction of sp³-hybridized carbons (Fsp3) is 0.188. The van der Waals surface area contributed by atoms with E-state index in [4.69, 9.17) is 5.73 Å². The molecule has 3 rings (SSSR count). The fourth-order valence-electron chi connectivity index (χ4n) is 2.55. The second-order valence-electron chi connectivity index (χ2n) is 5.02. The standard InChI is InChI=1S/C16H15BrN2O/c17-13-6-7-15(14(18)9-13)19-16(20)12-5-4-10-2-1-3-11(10)8-12/h4-9H,1-3,18H2,(H,19,20). The molecule has 0 radical (unpaired) electrons. The van der Waals surface area contributed by atoms with E-state index in [0.717, 1.165) is 17.3 Å². The lowest BCUT2D eigenvalue weighted by Gasteiger charge is -2.09. The third kappa shape index (κ3) is 2.56. The largest absolute Gasteiger partial charge is 0.397 e. The smallest absolute Gasteiger partial charge is 0.255 e. The molecule has 2 aromatic carbocycles. The molecule has 1 aliphatic rings. The minimum absolute atomic E-state index is 0.117. The van der Waals surface area contributed by atoms with E-state index in [1.165, 1.54) is 17.5 Å². The Balaban J connectivity index is 1.82. The van der Waals surface area contributed by atoms with Crippen LogP contribution >= 0.6 is 15.9 Å². The molecule has 0 saturated carbocycles. The van der Waals surface area contributed by atoms with Crippen LogP contribution in [0.15, 0.2) is 40.9 Å². The minimum atomic E-state index is -0.117. The summed E-state index contributed by atoms with van der Waals surface area (Å²) in [7, 11) is 0. The number of fused-ring (bicyclic) bond motifs is 1. The van der Waals surface area contributed by atoms with Crippen molar-refractivity contribution in [2.75, 3.05) is 11.1 Å². The summed E-state index contributed by atoms with van der Waals surface area (Å²) in [5, 5.41) is 2.86. The molecule has 1 aliphatic carbocycles. The lowest BCUT2D eigenvalue weighted by Crippen LogP contribution is -2.13. The van der Waals surface area contributed by atoms with Crippen molar-refractivity contribution in [3.63, 3.8) is 0 Å². The number of halogens is 1. The Bertz CT molecular complexity index is 682. The van der Waals surface area contributed by atoms with Gasteiger partial charge in [-0.25, -0.2) is 0 Å². The van der Waals surface area contributed by atoms with Crippen molar-refractivity contribution < 1.29 is 4.79 Å². The van der Waals surface area contributed by atoms with Crippen LogP contribution in [0.25, 0.3) is 0 Å². The van der Waals surface area contributed by atoms with Gasteiger partial charge in [-0.2, -0.15) is 0 Å². The van der Waals surface area contributed by atoms with Gasteiger partial charge in [-0.3, -0.25) is 4.79 Å². The van der Waals surface area contributed by atoms with Gasteiger partial charge < -0.3 is 11.1 Å². The van der Waals surface area contributed by atoms with Gasteiger partial charge in [-0.1, -0.05) is 22.0 Å². The molecule has 0 saturated heterocycles. The zero-order valence-electron chi connectivity index (χ0n) is 10.9. The van der Waals surface area contributed by atoms with Crippen molar-refractivity contribution in [1.29, 1.82) is 0 Å². The number of rotatable bonds is 2. The number of anilines is 2. The Hall–Kier alpha value is -1.81. The number of carbonyl (C=O) groups excluding carboxylic acids is 1. The van der Waals surface area contributed by atoms with Gasteiger partial charge >= 0.3 is 0 Å². The third-order valence-electron chi connectivity index (χ3n) is 3.62. The highest BCUT2D eigenvalue weighted by Gasteiger charge is 2.14. The van der Waals surface area contributed by atoms with E-state index in [1.54, 1.807) is 12.1 Å². The molecule has 2 aromatic rings. The van der Waals surface area contributed by atoms with Crippen LogP contribution in [0.2, 0.25) is 0 Å². The lowest BCUT2D eigenvalue weighted by atomic mass is 10.1. The molecule has 0 unspecified atom stereocenters. The van der Waals surface area contributed by atoms with E-state index in [2.05, 4.69) is 27.3 Å². The maximum atomic E-state index is 12.3. The fourth-order valence-corrected chi connectivity index (χ4v) is 2.93. The van der Waals surface area contributed by atoms with Gasteiger partial charge in [0.25, 0.3) is 5.91 Å². The van der Waals surface area contributed by atoms with Crippen LogP contribution in [0.5, 0.6) is 0 Å². The Morgan fingerprint density at radius 1 is 1.10 bits per heavy atom. The van der Waals surface area contributed by atoms with Crippen molar-refractivity contribution in [3.05, 3.63) is 57.6 Å². The molecule has 3 nitrogen and oxygen atoms in total. The number of aryl methyl sites for hydroxylation is 2. The molecule has 0 spiro atoms. The molecule has 3 N–H and O–H groups in total. The van der Waals surface area contributed by atoms with E-state index in [1.807, 2.05) is 18.2 Å². The number of nitrogens with two attached hydrogens (primary N) is 1. The average molecular weight is 331 g/mol. The van der Waals surface area contributed by atoms with Crippen LogP contribution < -0.4 is 11.1 Å². The molecular formula is C16H15BrN2O. The summed E-state index contributed by atoms with van der Waals surface area (Å²) in [6.07, 6.45) is 3.37. The lowest BCUT2D eigenvalue weighted by molar-refractivity contribution is 0.102. The molecule has 0 aromatic heterocycles. The van der Waals surface area contributed by atoms with E-state index in [0.29, 0.717) is 16.9 Å². The molecule has 20 heavy (non-hydrogen) atoms. The Morgan fingerprint density at radius 3 is 2.70 bits per heavy atom. The van der Waals surface area contributed by atoms with Gasteiger partial charge in [0.05, 0.1) is 11.4 Å². The van der Waals surface area contributed by atoms with Crippen molar-refractivity contribution >= 4 is 33.2 Å². The molecule has 4 heteroatoms. The quantitative estimate of drug-likeness (QED) is 0.823. The van der Waals surface area contributed by atoms with Gasteiger partial charge in [0.15, 0.2) is 0 Å². The van der Waals surface area contributed by atoms with Crippen molar-refractivity contribution in [1.82, 2.24) is 0 Å². The molecule has 102 valence electrons. The monoisotopic (exact) mass is 330 g/mol. The molecule has 1 amide bonds. The Kier molecular flexibility index (Phi) is 3.49. The highest BCUT2D eigenvalue weighted by molar-refractivity contribution is 9.10. The number of hydrogen-bond acceptors (Lipinski definition) is 2. The molecular weight excluding hydrogens is 316 g/mol. The van der Waals surface area contributed by atoms with E-state index < -0.39 is 0 Å². The highest BCUT2D eigenvalue weighted by Crippen LogP contribution is 2.25. The van der Waals surface area contributed by atoms with Crippen LogP contribution in [-0.4, -0.2) is 5.91 Å². The number of benzene rings is 2. The Labute approximate surface area is 126 Å². The topological polar surface area (TPSA) is 55.1 Å². The first-order chi connectivity index (χ1) is 9.63.